The Labute approximate surface area is 146 Å². The topological polar surface area (TPSA) is 35.2 Å². The lowest BCUT2D eigenvalue weighted by molar-refractivity contribution is 0.121. The molecule has 2 heteroatoms. The maximum absolute atomic E-state index is 6.41. The molecule has 0 saturated heterocycles. The van der Waals surface area contributed by atoms with Crippen molar-refractivity contribution in [1.82, 2.24) is 0 Å². The number of hydrogen-bond acceptors (Lipinski definition) is 2. The first-order valence-corrected chi connectivity index (χ1v) is 8.83. The van der Waals surface area contributed by atoms with Gasteiger partial charge in [-0.15, -0.1) is 0 Å². The van der Waals surface area contributed by atoms with Crippen LogP contribution in [0.4, 0.5) is 5.69 Å². The van der Waals surface area contributed by atoms with Crippen LogP contribution in [0.1, 0.15) is 72.9 Å². The molecule has 0 radical (unpaired) electrons. The van der Waals surface area contributed by atoms with Crippen LogP contribution in [0.2, 0.25) is 0 Å². The number of benzene rings is 2. The molecule has 1 atom stereocenters. The van der Waals surface area contributed by atoms with Gasteiger partial charge in [-0.25, -0.2) is 0 Å². The molecule has 1 aliphatic heterocycles. The van der Waals surface area contributed by atoms with Crippen LogP contribution in [-0.4, -0.2) is 5.60 Å². The second kappa shape index (κ2) is 5.54. The van der Waals surface area contributed by atoms with Gasteiger partial charge in [-0.3, -0.25) is 0 Å². The Morgan fingerprint density at radius 3 is 2.08 bits per heavy atom. The molecule has 3 rings (SSSR count). The third-order valence-corrected chi connectivity index (χ3v) is 5.65. The third kappa shape index (κ3) is 2.40. The summed E-state index contributed by atoms with van der Waals surface area (Å²) in [5.41, 5.74) is 14.4. The first-order valence-electron chi connectivity index (χ1n) is 8.83. The van der Waals surface area contributed by atoms with E-state index in [2.05, 4.69) is 72.7 Å². The standard InChI is InChI=1S/C22H29NO/c1-12(2)16-8-10-17(11-9-16)19-18-13(3)14(4)20(23)15(5)21(18)24-22(19,6)7/h8-12,19H,23H2,1-7H3. The van der Waals surface area contributed by atoms with E-state index in [-0.39, 0.29) is 11.5 Å². The van der Waals surface area contributed by atoms with E-state index in [4.69, 9.17) is 10.5 Å². The summed E-state index contributed by atoms with van der Waals surface area (Å²) in [6.45, 7) is 15.2. The van der Waals surface area contributed by atoms with Gasteiger partial charge in [-0.2, -0.15) is 0 Å². The molecule has 0 bridgehead atoms. The van der Waals surface area contributed by atoms with Crippen LogP contribution in [0, 0.1) is 20.8 Å². The molecule has 0 saturated carbocycles. The van der Waals surface area contributed by atoms with E-state index in [1.54, 1.807) is 0 Å². The van der Waals surface area contributed by atoms with E-state index >= 15 is 0 Å². The van der Waals surface area contributed by atoms with Gasteiger partial charge >= 0.3 is 0 Å². The molecular weight excluding hydrogens is 294 g/mol. The summed E-state index contributed by atoms with van der Waals surface area (Å²) < 4.78 is 6.41. The Bertz CT molecular complexity index is 785. The number of fused-ring (bicyclic) bond motifs is 1. The number of ether oxygens (including phenoxy) is 1. The number of rotatable bonds is 2. The van der Waals surface area contributed by atoms with E-state index < -0.39 is 0 Å². The molecule has 0 aliphatic carbocycles. The maximum atomic E-state index is 6.41. The lowest BCUT2D eigenvalue weighted by atomic mass is 9.78. The average Bonchev–Trinajstić information content (AvgIpc) is 2.82. The summed E-state index contributed by atoms with van der Waals surface area (Å²) in [6, 6.07) is 9.03. The maximum Gasteiger partial charge on any atom is 0.129 e. The molecule has 1 unspecified atom stereocenters. The molecule has 2 nitrogen and oxygen atoms in total. The zero-order valence-electron chi connectivity index (χ0n) is 15.9. The Balaban J connectivity index is 2.20. The van der Waals surface area contributed by atoms with Gasteiger partial charge in [0, 0.05) is 16.8 Å². The van der Waals surface area contributed by atoms with Crippen molar-refractivity contribution in [2.24, 2.45) is 0 Å². The number of anilines is 1. The molecule has 1 aliphatic rings. The first kappa shape index (κ1) is 16.9. The molecule has 24 heavy (non-hydrogen) atoms. The van der Waals surface area contributed by atoms with Crippen LogP contribution in [0.15, 0.2) is 24.3 Å². The van der Waals surface area contributed by atoms with Crippen molar-refractivity contribution in [3.63, 3.8) is 0 Å². The van der Waals surface area contributed by atoms with Gasteiger partial charge in [0.1, 0.15) is 11.4 Å². The zero-order valence-corrected chi connectivity index (χ0v) is 15.9. The molecular formula is C22H29NO. The van der Waals surface area contributed by atoms with Crippen LogP contribution in [0.3, 0.4) is 0 Å². The minimum atomic E-state index is -0.280. The van der Waals surface area contributed by atoms with Gasteiger partial charge < -0.3 is 10.5 Å². The number of hydrogen-bond donors (Lipinski definition) is 1. The Morgan fingerprint density at radius 2 is 1.54 bits per heavy atom. The summed E-state index contributed by atoms with van der Waals surface area (Å²) in [6.07, 6.45) is 0. The van der Waals surface area contributed by atoms with Gasteiger partial charge in [0.25, 0.3) is 0 Å². The first-order chi connectivity index (χ1) is 11.1. The molecule has 2 N–H and O–H groups in total. The highest BCUT2D eigenvalue weighted by molar-refractivity contribution is 5.69. The van der Waals surface area contributed by atoms with Crippen LogP contribution >= 0.6 is 0 Å². The molecule has 1 heterocycles. The molecule has 0 amide bonds. The number of nitrogens with two attached hydrogens (primary N) is 1. The predicted molar refractivity (Wildman–Crippen MR) is 102 cm³/mol. The molecule has 128 valence electrons. The van der Waals surface area contributed by atoms with Crippen molar-refractivity contribution in [2.45, 2.75) is 65.9 Å². The van der Waals surface area contributed by atoms with E-state index in [0.29, 0.717) is 5.92 Å². The van der Waals surface area contributed by atoms with Crippen molar-refractivity contribution < 1.29 is 4.74 Å². The molecule has 2 aromatic carbocycles. The van der Waals surface area contributed by atoms with Gasteiger partial charge in [-0.1, -0.05) is 38.1 Å². The smallest absolute Gasteiger partial charge is 0.129 e. The number of nitrogen functional groups attached to an aromatic ring is 1. The minimum absolute atomic E-state index is 0.228. The lowest BCUT2D eigenvalue weighted by Crippen LogP contribution is -2.31. The van der Waals surface area contributed by atoms with Crippen molar-refractivity contribution in [2.75, 3.05) is 5.73 Å². The fourth-order valence-electron chi connectivity index (χ4n) is 3.97. The lowest BCUT2D eigenvalue weighted by Gasteiger charge is -2.27. The average molecular weight is 323 g/mol. The third-order valence-electron chi connectivity index (χ3n) is 5.65. The second-order valence-electron chi connectivity index (χ2n) is 7.99. The highest BCUT2D eigenvalue weighted by Gasteiger charge is 2.44. The molecule has 0 spiro atoms. The summed E-state index contributed by atoms with van der Waals surface area (Å²) in [7, 11) is 0. The fourth-order valence-corrected chi connectivity index (χ4v) is 3.97. The van der Waals surface area contributed by atoms with E-state index in [0.717, 1.165) is 17.0 Å². The highest BCUT2D eigenvalue weighted by Crippen LogP contribution is 2.53. The van der Waals surface area contributed by atoms with Crippen LogP contribution in [0.25, 0.3) is 0 Å². The van der Waals surface area contributed by atoms with Crippen LogP contribution in [0.5, 0.6) is 5.75 Å². The largest absolute Gasteiger partial charge is 0.486 e. The Hall–Kier alpha value is -1.96. The van der Waals surface area contributed by atoms with Gasteiger partial charge in [-0.05, 0) is 62.8 Å². The van der Waals surface area contributed by atoms with E-state index in [1.165, 1.54) is 27.8 Å². The SMILES string of the molecule is Cc1c(C)c2c(c(C)c1N)OC(C)(C)C2c1ccc(C(C)C)cc1. The summed E-state index contributed by atoms with van der Waals surface area (Å²) >= 11 is 0. The monoisotopic (exact) mass is 323 g/mol. The van der Waals surface area contributed by atoms with Gasteiger partial charge in [0.2, 0.25) is 0 Å². The molecule has 0 aromatic heterocycles. The zero-order chi connectivity index (χ0) is 17.8. The van der Waals surface area contributed by atoms with Crippen molar-refractivity contribution in [3.8, 4) is 5.75 Å². The summed E-state index contributed by atoms with van der Waals surface area (Å²) in [5.74, 6) is 1.76. The van der Waals surface area contributed by atoms with Crippen LogP contribution < -0.4 is 10.5 Å². The summed E-state index contributed by atoms with van der Waals surface area (Å²) in [5, 5.41) is 0. The molecule has 2 aromatic rings. The minimum Gasteiger partial charge on any atom is -0.486 e. The summed E-state index contributed by atoms with van der Waals surface area (Å²) in [4.78, 5) is 0. The normalized spacial score (nSPS) is 18.6. The Kier molecular flexibility index (Phi) is 3.90. The highest BCUT2D eigenvalue weighted by atomic mass is 16.5. The second-order valence-corrected chi connectivity index (χ2v) is 7.99. The van der Waals surface area contributed by atoms with Gasteiger partial charge in [0.15, 0.2) is 0 Å². The predicted octanol–water partition coefficient (Wildman–Crippen LogP) is 5.62. The Morgan fingerprint density at radius 1 is 0.958 bits per heavy atom. The van der Waals surface area contributed by atoms with Gasteiger partial charge in [0.05, 0.1) is 5.92 Å². The quantitative estimate of drug-likeness (QED) is 0.728. The van der Waals surface area contributed by atoms with Crippen molar-refractivity contribution >= 4 is 5.69 Å². The van der Waals surface area contributed by atoms with E-state index in [9.17, 15) is 0 Å². The van der Waals surface area contributed by atoms with Crippen molar-refractivity contribution in [3.05, 3.63) is 57.6 Å². The fraction of sp³-hybridized carbons (Fsp3) is 0.455. The molecule has 0 fully saturated rings. The van der Waals surface area contributed by atoms with E-state index in [1.807, 2.05) is 0 Å². The van der Waals surface area contributed by atoms with Crippen molar-refractivity contribution in [1.29, 1.82) is 0 Å². The van der Waals surface area contributed by atoms with Crippen LogP contribution in [-0.2, 0) is 0 Å².